The lowest BCUT2D eigenvalue weighted by Gasteiger charge is -2.25. The van der Waals surface area contributed by atoms with Crippen LogP contribution in [-0.2, 0) is 4.79 Å². The number of anilines is 1. The second-order valence-electron chi connectivity index (χ2n) is 5.08. The van der Waals surface area contributed by atoms with E-state index in [1.807, 2.05) is 32.9 Å². The molecule has 5 heteroatoms. The molecule has 0 radical (unpaired) electrons. The standard InChI is InChI=1S/C15H22N2O3/c1-6-12(14(18)19)17(5)15(20)16-13-10(3)7-9(2)8-11(13)4/h7-8,12H,6H2,1-5H3,(H,16,20)(H,18,19). The molecule has 1 aromatic carbocycles. The van der Waals surface area contributed by atoms with Gasteiger partial charge in [0.1, 0.15) is 6.04 Å². The van der Waals surface area contributed by atoms with Crippen molar-refractivity contribution in [1.82, 2.24) is 4.90 Å². The van der Waals surface area contributed by atoms with E-state index < -0.39 is 18.0 Å². The van der Waals surface area contributed by atoms with E-state index in [0.29, 0.717) is 6.42 Å². The summed E-state index contributed by atoms with van der Waals surface area (Å²) in [4.78, 5) is 24.5. The van der Waals surface area contributed by atoms with E-state index >= 15 is 0 Å². The Morgan fingerprint density at radius 1 is 1.25 bits per heavy atom. The van der Waals surface area contributed by atoms with E-state index in [4.69, 9.17) is 5.11 Å². The summed E-state index contributed by atoms with van der Waals surface area (Å²) in [6.07, 6.45) is 0.366. The first-order valence-electron chi connectivity index (χ1n) is 6.62. The molecule has 0 spiro atoms. The van der Waals surface area contributed by atoms with E-state index in [1.54, 1.807) is 6.92 Å². The number of carbonyl (C=O) groups is 2. The van der Waals surface area contributed by atoms with E-state index in [1.165, 1.54) is 11.9 Å². The number of aliphatic carboxylic acids is 1. The summed E-state index contributed by atoms with van der Waals surface area (Å²) in [5, 5.41) is 11.9. The molecule has 110 valence electrons. The van der Waals surface area contributed by atoms with E-state index in [2.05, 4.69) is 5.32 Å². The molecule has 5 nitrogen and oxygen atoms in total. The Bertz CT molecular complexity index is 503. The van der Waals surface area contributed by atoms with Crippen LogP contribution in [0.1, 0.15) is 30.0 Å². The average Bonchev–Trinajstić information content (AvgIpc) is 2.33. The van der Waals surface area contributed by atoms with Crippen molar-refractivity contribution in [3.63, 3.8) is 0 Å². The molecule has 1 atom stereocenters. The number of hydrogen-bond acceptors (Lipinski definition) is 2. The first kappa shape index (κ1) is 16.0. The Kier molecular flexibility index (Phi) is 5.13. The molecule has 2 amide bonds. The van der Waals surface area contributed by atoms with E-state index in [0.717, 1.165) is 22.4 Å². The van der Waals surface area contributed by atoms with Crippen molar-refractivity contribution in [2.24, 2.45) is 0 Å². The monoisotopic (exact) mass is 278 g/mol. The molecule has 20 heavy (non-hydrogen) atoms. The quantitative estimate of drug-likeness (QED) is 0.889. The molecule has 0 aliphatic heterocycles. The predicted molar refractivity (Wildman–Crippen MR) is 79.1 cm³/mol. The molecule has 0 saturated heterocycles. The summed E-state index contributed by atoms with van der Waals surface area (Å²) >= 11 is 0. The fourth-order valence-corrected chi connectivity index (χ4v) is 2.33. The summed E-state index contributed by atoms with van der Waals surface area (Å²) in [5.74, 6) is -0.998. The third kappa shape index (κ3) is 3.50. The zero-order chi connectivity index (χ0) is 15.4. The fourth-order valence-electron chi connectivity index (χ4n) is 2.33. The Morgan fingerprint density at radius 3 is 2.15 bits per heavy atom. The van der Waals surface area contributed by atoms with Crippen LogP contribution in [0.3, 0.4) is 0 Å². The molecule has 0 aliphatic carbocycles. The van der Waals surface area contributed by atoms with Crippen LogP contribution in [0.4, 0.5) is 10.5 Å². The van der Waals surface area contributed by atoms with Crippen molar-refractivity contribution in [3.05, 3.63) is 28.8 Å². The predicted octanol–water partition coefficient (Wildman–Crippen LogP) is 2.94. The van der Waals surface area contributed by atoms with Gasteiger partial charge < -0.3 is 15.3 Å². The molecular formula is C15H22N2O3. The lowest BCUT2D eigenvalue weighted by molar-refractivity contribution is -0.141. The lowest BCUT2D eigenvalue weighted by Crippen LogP contribution is -2.44. The third-order valence-electron chi connectivity index (χ3n) is 3.37. The van der Waals surface area contributed by atoms with Gasteiger partial charge in [-0.15, -0.1) is 0 Å². The van der Waals surface area contributed by atoms with Crippen molar-refractivity contribution in [2.45, 2.75) is 40.2 Å². The van der Waals surface area contributed by atoms with Gasteiger partial charge >= 0.3 is 12.0 Å². The number of benzene rings is 1. The first-order chi connectivity index (χ1) is 9.27. The minimum absolute atomic E-state index is 0.366. The van der Waals surface area contributed by atoms with Gasteiger partial charge in [0.25, 0.3) is 0 Å². The topological polar surface area (TPSA) is 69.6 Å². The van der Waals surface area contributed by atoms with Crippen LogP contribution in [-0.4, -0.2) is 35.1 Å². The van der Waals surface area contributed by atoms with Gasteiger partial charge in [-0.25, -0.2) is 9.59 Å². The Morgan fingerprint density at radius 2 is 1.75 bits per heavy atom. The number of amides is 2. The van der Waals surface area contributed by atoms with Crippen molar-refractivity contribution in [3.8, 4) is 0 Å². The number of nitrogens with zero attached hydrogens (tertiary/aromatic N) is 1. The highest BCUT2D eigenvalue weighted by atomic mass is 16.4. The Hall–Kier alpha value is -2.04. The number of nitrogens with one attached hydrogen (secondary N) is 1. The van der Waals surface area contributed by atoms with Gasteiger partial charge in [-0.05, 0) is 38.3 Å². The van der Waals surface area contributed by atoms with Crippen LogP contribution in [0.15, 0.2) is 12.1 Å². The van der Waals surface area contributed by atoms with Crippen LogP contribution in [0.2, 0.25) is 0 Å². The molecule has 2 N–H and O–H groups in total. The Balaban J connectivity index is 2.94. The molecule has 0 aromatic heterocycles. The molecule has 1 aromatic rings. The minimum Gasteiger partial charge on any atom is -0.480 e. The summed E-state index contributed by atoms with van der Waals surface area (Å²) < 4.78 is 0. The zero-order valence-electron chi connectivity index (χ0n) is 12.7. The zero-order valence-corrected chi connectivity index (χ0v) is 12.7. The van der Waals surface area contributed by atoms with Gasteiger partial charge in [0.2, 0.25) is 0 Å². The molecule has 1 unspecified atom stereocenters. The van der Waals surface area contributed by atoms with Crippen LogP contribution < -0.4 is 5.32 Å². The number of carboxylic acid groups (broad SMARTS) is 1. The maximum absolute atomic E-state index is 12.2. The maximum Gasteiger partial charge on any atom is 0.326 e. The molecule has 0 bridgehead atoms. The largest absolute Gasteiger partial charge is 0.480 e. The number of likely N-dealkylation sites (N-methyl/N-ethyl adjacent to an activating group) is 1. The van der Waals surface area contributed by atoms with Crippen molar-refractivity contribution in [2.75, 3.05) is 12.4 Å². The molecule has 1 rings (SSSR count). The summed E-state index contributed by atoms with van der Waals surface area (Å²) in [7, 11) is 1.50. The number of carbonyl (C=O) groups excluding carboxylic acids is 1. The number of hydrogen-bond donors (Lipinski definition) is 2. The summed E-state index contributed by atoms with van der Waals surface area (Å²) in [6.45, 7) is 7.58. The second kappa shape index (κ2) is 6.41. The van der Waals surface area contributed by atoms with Gasteiger partial charge in [-0.2, -0.15) is 0 Å². The normalized spacial score (nSPS) is 11.8. The van der Waals surface area contributed by atoms with Gasteiger partial charge in [-0.3, -0.25) is 0 Å². The highest BCUT2D eigenvalue weighted by molar-refractivity contribution is 5.93. The van der Waals surface area contributed by atoms with Gasteiger partial charge in [-0.1, -0.05) is 24.6 Å². The van der Waals surface area contributed by atoms with Crippen molar-refractivity contribution < 1.29 is 14.7 Å². The lowest BCUT2D eigenvalue weighted by atomic mass is 10.1. The van der Waals surface area contributed by atoms with E-state index in [-0.39, 0.29) is 0 Å². The van der Waals surface area contributed by atoms with Crippen LogP contribution in [0.25, 0.3) is 0 Å². The summed E-state index contributed by atoms with van der Waals surface area (Å²) in [6, 6.07) is 2.74. The highest BCUT2D eigenvalue weighted by Gasteiger charge is 2.25. The molecule has 0 fully saturated rings. The van der Waals surface area contributed by atoms with Crippen LogP contribution >= 0.6 is 0 Å². The average molecular weight is 278 g/mol. The molecular weight excluding hydrogens is 256 g/mol. The van der Waals surface area contributed by atoms with Gasteiger partial charge in [0.05, 0.1) is 0 Å². The summed E-state index contributed by atoms with van der Waals surface area (Å²) in [5.41, 5.74) is 3.80. The maximum atomic E-state index is 12.2. The smallest absolute Gasteiger partial charge is 0.326 e. The number of rotatable bonds is 4. The first-order valence-corrected chi connectivity index (χ1v) is 6.62. The molecule has 0 saturated carbocycles. The SMILES string of the molecule is CCC(C(=O)O)N(C)C(=O)Nc1c(C)cc(C)cc1C. The third-order valence-corrected chi connectivity index (χ3v) is 3.37. The highest BCUT2D eigenvalue weighted by Crippen LogP contribution is 2.22. The van der Waals surface area contributed by atoms with Crippen molar-refractivity contribution >= 4 is 17.7 Å². The van der Waals surface area contributed by atoms with Crippen LogP contribution in [0, 0.1) is 20.8 Å². The number of urea groups is 1. The number of carboxylic acids is 1. The van der Waals surface area contributed by atoms with E-state index in [9.17, 15) is 9.59 Å². The Labute approximate surface area is 119 Å². The molecule has 0 heterocycles. The number of aryl methyl sites for hydroxylation is 3. The minimum atomic E-state index is -0.998. The van der Waals surface area contributed by atoms with Crippen molar-refractivity contribution in [1.29, 1.82) is 0 Å². The van der Waals surface area contributed by atoms with Gasteiger partial charge in [0, 0.05) is 12.7 Å². The van der Waals surface area contributed by atoms with Crippen LogP contribution in [0.5, 0.6) is 0 Å². The molecule has 0 aliphatic rings. The van der Waals surface area contributed by atoms with Gasteiger partial charge in [0.15, 0.2) is 0 Å². The fraction of sp³-hybridized carbons (Fsp3) is 0.467. The second-order valence-corrected chi connectivity index (χ2v) is 5.08.